The van der Waals surface area contributed by atoms with Crippen LogP contribution < -0.4 is 15.5 Å². The van der Waals surface area contributed by atoms with Crippen molar-refractivity contribution in [3.05, 3.63) is 41.9 Å². The molecule has 3 aliphatic rings. The number of halogens is 3. The van der Waals surface area contributed by atoms with E-state index >= 15 is 0 Å². The van der Waals surface area contributed by atoms with Crippen molar-refractivity contribution >= 4 is 28.4 Å². The molecule has 0 radical (unpaired) electrons. The maximum absolute atomic E-state index is 14.1. The van der Waals surface area contributed by atoms with E-state index in [-0.39, 0.29) is 24.1 Å². The van der Waals surface area contributed by atoms with E-state index in [1.54, 1.807) is 6.07 Å². The molecule has 1 saturated heterocycles. The molecule has 11 heteroatoms. The van der Waals surface area contributed by atoms with E-state index in [1.165, 1.54) is 18.2 Å². The van der Waals surface area contributed by atoms with Gasteiger partial charge in [-0.1, -0.05) is 12.2 Å². The molecule has 1 saturated carbocycles. The van der Waals surface area contributed by atoms with E-state index < -0.39 is 23.8 Å². The second-order valence-electron chi connectivity index (χ2n) is 9.51. The molecule has 1 unspecified atom stereocenters. The Labute approximate surface area is 206 Å². The number of amides is 1. The van der Waals surface area contributed by atoms with E-state index in [4.69, 9.17) is 19.9 Å². The van der Waals surface area contributed by atoms with Crippen molar-refractivity contribution in [2.24, 2.45) is 11.7 Å². The number of hydrogen-bond acceptors (Lipinski definition) is 7. The number of anilines is 2. The van der Waals surface area contributed by atoms with Crippen LogP contribution in [0, 0.1) is 5.92 Å². The molecular weight excluding hydrogens is 477 g/mol. The van der Waals surface area contributed by atoms with Gasteiger partial charge in [-0.25, -0.2) is 4.98 Å². The molecule has 1 amide bonds. The third-order valence-corrected chi connectivity index (χ3v) is 7.23. The topological polar surface area (TPSA) is 105 Å². The summed E-state index contributed by atoms with van der Waals surface area (Å²) in [6, 6.07) is 1.94. The first-order valence-electron chi connectivity index (χ1n) is 12.2. The number of fused-ring (bicyclic) bond motifs is 1. The summed E-state index contributed by atoms with van der Waals surface area (Å²) < 4.78 is 53.9. The number of aliphatic hydroxyl groups excluding tert-OH is 1. The van der Waals surface area contributed by atoms with Crippen molar-refractivity contribution in [1.29, 1.82) is 0 Å². The zero-order chi connectivity index (χ0) is 25.4. The predicted octanol–water partition coefficient (Wildman–Crippen LogP) is 3.61. The zero-order valence-corrected chi connectivity index (χ0v) is 19.7. The molecular formula is C25H29F3N4O4. The van der Waals surface area contributed by atoms with Gasteiger partial charge in [0.25, 0.3) is 0 Å². The van der Waals surface area contributed by atoms with Crippen LogP contribution in [0.3, 0.4) is 0 Å². The highest BCUT2D eigenvalue weighted by Crippen LogP contribution is 2.44. The number of oxazole rings is 1. The number of nitrogens with two attached hydrogens (primary N) is 1. The number of morpholine rings is 1. The monoisotopic (exact) mass is 506 g/mol. The molecule has 3 N–H and O–H groups in total. The third-order valence-electron chi connectivity index (χ3n) is 7.23. The Kier molecular flexibility index (Phi) is 6.69. The summed E-state index contributed by atoms with van der Waals surface area (Å²) in [4.78, 5) is 19.9. The first kappa shape index (κ1) is 24.6. The number of nitrogens with zero attached hydrogens (tertiary/aromatic N) is 3. The number of primary amides is 1. The van der Waals surface area contributed by atoms with Crippen LogP contribution >= 0.6 is 0 Å². The minimum absolute atomic E-state index is 0.0809. The fraction of sp³-hybridized carbons (Fsp3) is 0.520. The van der Waals surface area contributed by atoms with E-state index in [0.29, 0.717) is 49.0 Å². The summed E-state index contributed by atoms with van der Waals surface area (Å²) >= 11 is 0. The highest BCUT2D eigenvalue weighted by atomic mass is 19.4. The van der Waals surface area contributed by atoms with Crippen molar-refractivity contribution in [3.63, 3.8) is 0 Å². The predicted molar refractivity (Wildman–Crippen MR) is 128 cm³/mol. The summed E-state index contributed by atoms with van der Waals surface area (Å²) in [5.74, 6) is 0.00380. The zero-order valence-electron chi connectivity index (χ0n) is 19.7. The second-order valence-corrected chi connectivity index (χ2v) is 9.51. The molecule has 0 bridgehead atoms. The average Bonchev–Trinajstić information content (AvgIpc) is 3.30. The molecule has 2 aliphatic heterocycles. The lowest BCUT2D eigenvalue weighted by atomic mass is 9.82. The Morgan fingerprint density at radius 3 is 2.50 bits per heavy atom. The lowest BCUT2D eigenvalue weighted by Gasteiger charge is -2.38. The van der Waals surface area contributed by atoms with E-state index in [2.05, 4.69) is 0 Å². The largest absolute Gasteiger partial charge is 0.440 e. The number of aliphatic hydroxyl groups is 1. The minimum Gasteiger partial charge on any atom is -0.440 e. The SMILES string of the molecule is NC(=O)C1C=CC=C(C(F)(F)F)N1c1cc2oc(C3CCC(CO)CC3)nc2cc1N1CCOCC1. The van der Waals surface area contributed by atoms with Crippen LogP contribution in [0.4, 0.5) is 24.5 Å². The van der Waals surface area contributed by atoms with Gasteiger partial charge < -0.3 is 29.8 Å². The number of rotatable bonds is 5. The summed E-state index contributed by atoms with van der Waals surface area (Å²) in [6.45, 7) is 1.97. The van der Waals surface area contributed by atoms with Gasteiger partial charge in [-0.2, -0.15) is 13.2 Å². The number of ether oxygens (including phenoxy) is 1. The van der Waals surface area contributed by atoms with Crippen LogP contribution in [0.25, 0.3) is 11.1 Å². The number of allylic oxidation sites excluding steroid dienone is 3. The number of alkyl halides is 3. The number of carbonyl (C=O) groups is 1. The molecule has 194 valence electrons. The van der Waals surface area contributed by atoms with Crippen LogP contribution in [0.5, 0.6) is 0 Å². The molecule has 0 spiro atoms. The highest BCUT2D eigenvalue weighted by Gasteiger charge is 2.44. The van der Waals surface area contributed by atoms with Crippen molar-refractivity contribution in [3.8, 4) is 0 Å². The molecule has 1 aromatic heterocycles. The summed E-state index contributed by atoms with van der Waals surface area (Å²) in [6.07, 6.45) is 2.17. The molecule has 36 heavy (non-hydrogen) atoms. The average molecular weight is 507 g/mol. The van der Waals surface area contributed by atoms with Crippen LogP contribution in [-0.2, 0) is 9.53 Å². The first-order valence-corrected chi connectivity index (χ1v) is 12.2. The van der Waals surface area contributed by atoms with Crippen molar-refractivity contribution in [1.82, 2.24) is 4.98 Å². The first-order chi connectivity index (χ1) is 17.3. The Balaban J connectivity index is 1.62. The normalized spacial score (nSPS) is 25.3. The Hall–Kier alpha value is -3.05. The van der Waals surface area contributed by atoms with Crippen LogP contribution in [0.2, 0.25) is 0 Å². The van der Waals surface area contributed by atoms with Crippen LogP contribution in [0.1, 0.15) is 37.5 Å². The van der Waals surface area contributed by atoms with Gasteiger partial charge in [0.15, 0.2) is 11.5 Å². The van der Waals surface area contributed by atoms with Gasteiger partial charge in [-0.3, -0.25) is 4.79 Å². The highest BCUT2D eigenvalue weighted by molar-refractivity contribution is 5.94. The number of hydrogen-bond donors (Lipinski definition) is 2. The van der Waals surface area contributed by atoms with E-state index in [0.717, 1.165) is 36.7 Å². The lowest BCUT2D eigenvalue weighted by molar-refractivity contribution is -0.119. The summed E-state index contributed by atoms with van der Waals surface area (Å²) in [5, 5.41) is 9.43. The molecule has 8 nitrogen and oxygen atoms in total. The Morgan fingerprint density at radius 1 is 1.14 bits per heavy atom. The van der Waals surface area contributed by atoms with Gasteiger partial charge >= 0.3 is 6.18 Å². The van der Waals surface area contributed by atoms with Gasteiger partial charge in [-0.05, 0) is 43.7 Å². The number of carbonyl (C=O) groups excluding carboxylic acids is 1. The minimum atomic E-state index is -4.71. The molecule has 5 rings (SSSR count). The second kappa shape index (κ2) is 9.78. The van der Waals surface area contributed by atoms with E-state index in [9.17, 15) is 23.1 Å². The summed E-state index contributed by atoms with van der Waals surface area (Å²) in [5.41, 5.74) is 6.14. The molecule has 1 aliphatic carbocycles. The van der Waals surface area contributed by atoms with Gasteiger partial charge in [-0.15, -0.1) is 0 Å². The quantitative estimate of drug-likeness (QED) is 0.638. The van der Waals surface area contributed by atoms with Crippen LogP contribution in [-0.4, -0.2) is 61.1 Å². The summed E-state index contributed by atoms with van der Waals surface area (Å²) in [7, 11) is 0. The molecule has 2 aromatic rings. The van der Waals surface area contributed by atoms with Gasteiger partial charge in [0.2, 0.25) is 5.91 Å². The van der Waals surface area contributed by atoms with Crippen molar-refractivity contribution in [2.45, 2.75) is 43.8 Å². The van der Waals surface area contributed by atoms with Crippen LogP contribution in [0.15, 0.2) is 40.5 Å². The fourth-order valence-corrected chi connectivity index (χ4v) is 5.29. The molecule has 2 fully saturated rings. The van der Waals surface area contributed by atoms with Crippen molar-refractivity contribution in [2.75, 3.05) is 42.7 Å². The maximum Gasteiger partial charge on any atom is 0.431 e. The standard InChI is InChI=1S/C25H29F3N4O4/c26-25(27,28)22-3-1-2-18(23(29)34)32(22)20-13-21-17(12-19(20)31-8-10-35-11-9-31)30-24(36-21)16-6-4-15(14-33)5-7-16/h1-3,12-13,15-16,18,33H,4-11,14H2,(H2,29,34). The lowest BCUT2D eigenvalue weighted by Crippen LogP contribution is -2.48. The molecule has 3 heterocycles. The number of aromatic nitrogens is 1. The van der Waals surface area contributed by atoms with E-state index in [1.807, 2.05) is 4.90 Å². The number of benzene rings is 1. The molecule has 1 atom stereocenters. The van der Waals surface area contributed by atoms with Gasteiger partial charge in [0, 0.05) is 31.7 Å². The van der Waals surface area contributed by atoms with Gasteiger partial charge in [0.05, 0.1) is 24.6 Å². The molecule has 1 aromatic carbocycles. The maximum atomic E-state index is 14.1. The Bertz CT molecular complexity index is 1180. The smallest absolute Gasteiger partial charge is 0.431 e. The fourth-order valence-electron chi connectivity index (χ4n) is 5.29. The Morgan fingerprint density at radius 2 is 1.86 bits per heavy atom. The third kappa shape index (κ3) is 4.69. The van der Waals surface area contributed by atoms with Crippen molar-refractivity contribution < 1.29 is 32.2 Å². The van der Waals surface area contributed by atoms with Gasteiger partial charge in [0.1, 0.15) is 17.3 Å².